The summed E-state index contributed by atoms with van der Waals surface area (Å²) in [6, 6.07) is 0. The summed E-state index contributed by atoms with van der Waals surface area (Å²) >= 11 is 0. The third-order valence-corrected chi connectivity index (χ3v) is 7.70. The fourth-order valence-electron chi connectivity index (χ4n) is 4.59. The van der Waals surface area contributed by atoms with Crippen LogP contribution >= 0.6 is 0 Å². The van der Waals surface area contributed by atoms with E-state index >= 15 is 0 Å². The van der Waals surface area contributed by atoms with Gasteiger partial charge in [-0.2, -0.15) is 34.4 Å². The minimum absolute atomic E-state index is 0. The molecule has 0 radical (unpaired) electrons. The van der Waals surface area contributed by atoms with Gasteiger partial charge in [-0.1, -0.05) is 106 Å². The van der Waals surface area contributed by atoms with Crippen LogP contribution in [0.4, 0.5) is 0 Å². The van der Waals surface area contributed by atoms with Crippen LogP contribution in [0.3, 0.4) is 0 Å². The van der Waals surface area contributed by atoms with Gasteiger partial charge in [-0.3, -0.25) is 24.3 Å². The maximum atomic E-state index is 3.44. The summed E-state index contributed by atoms with van der Waals surface area (Å²) in [6.07, 6.45) is 29.0. The molecule has 0 N–H and O–H groups in total. The quantitative estimate of drug-likeness (QED) is 0.350. The first-order chi connectivity index (χ1) is 16.8. The van der Waals surface area contributed by atoms with Gasteiger partial charge in [-0.05, 0) is 0 Å². The van der Waals surface area contributed by atoms with Gasteiger partial charge in [0.15, 0.2) is 0 Å². The summed E-state index contributed by atoms with van der Waals surface area (Å²) in [5.74, 6) is 0. The van der Waals surface area contributed by atoms with Crippen LogP contribution in [0.1, 0.15) is 122 Å². The van der Waals surface area contributed by atoms with Crippen LogP contribution in [0.15, 0.2) is 68.9 Å². The average Bonchev–Trinajstić information content (AvgIpc) is 3.58. The largest absolute Gasteiger partial charge is 2.00 e. The number of rotatable bonds is 4. The van der Waals surface area contributed by atoms with Gasteiger partial charge in [-0.15, -0.1) is 26.7 Å². The second kappa shape index (κ2) is 22.8. The Bertz CT molecular complexity index is 927. The van der Waals surface area contributed by atoms with Gasteiger partial charge in [0.25, 0.3) is 0 Å². The van der Waals surface area contributed by atoms with Crippen molar-refractivity contribution in [2.24, 2.45) is 10.8 Å². The van der Waals surface area contributed by atoms with Gasteiger partial charge in [0.05, 0.1) is 0 Å². The van der Waals surface area contributed by atoms with Crippen molar-refractivity contribution in [3.05, 3.63) is 93.2 Å². The van der Waals surface area contributed by atoms with E-state index in [1.54, 1.807) is 0 Å². The van der Waals surface area contributed by atoms with E-state index in [1.807, 2.05) is 0 Å². The molecule has 0 aromatic carbocycles. The zero-order chi connectivity index (χ0) is 27.5. The van der Waals surface area contributed by atoms with Crippen LogP contribution in [0.5, 0.6) is 0 Å². The van der Waals surface area contributed by atoms with Crippen LogP contribution in [-0.2, 0) is 52.4 Å². The van der Waals surface area contributed by atoms with Crippen molar-refractivity contribution in [1.82, 2.24) is 0 Å². The maximum Gasteiger partial charge on any atom is 2.00 e. The monoisotopic (exact) mass is 734 g/mol. The van der Waals surface area contributed by atoms with Crippen LogP contribution in [0, 0.1) is 35.1 Å². The number of halogens is 2. The molecule has 0 bridgehead atoms. The van der Waals surface area contributed by atoms with Crippen molar-refractivity contribution >= 4 is 0 Å². The van der Waals surface area contributed by atoms with Crippen LogP contribution in [0.25, 0.3) is 0 Å². The molecule has 0 heterocycles. The molecule has 4 rings (SSSR count). The van der Waals surface area contributed by atoms with Gasteiger partial charge in [0.2, 0.25) is 0 Å². The van der Waals surface area contributed by atoms with Crippen molar-refractivity contribution < 1.29 is 77.2 Å². The van der Waals surface area contributed by atoms with E-state index in [9.17, 15) is 0 Å². The predicted molar refractivity (Wildman–Crippen MR) is 160 cm³/mol. The minimum atomic E-state index is 0. The van der Waals surface area contributed by atoms with Gasteiger partial charge in [-0.25, -0.2) is 34.4 Å². The molecule has 0 aromatic heterocycles. The molecule has 0 amide bonds. The molecule has 0 unspecified atom stereocenters. The molecular weight excluding hydrogens is 686 g/mol. The molecule has 4 aliphatic rings. The molecule has 0 saturated carbocycles. The number of hydrogen-bond acceptors (Lipinski definition) is 0. The zero-order valence-corrected chi connectivity index (χ0v) is 33.7. The smallest absolute Gasteiger partial charge is 1.00 e. The molecule has 0 aromatic rings. The Kier molecular flexibility index (Phi) is 26.9. The van der Waals surface area contributed by atoms with Gasteiger partial charge >= 0.3 is 52.4 Å². The van der Waals surface area contributed by atoms with E-state index < -0.39 is 0 Å². The summed E-state index contributed by atoms with van der Waals surface area (Å²) in [5.41, 5.74) is 11.6. The molecule has 0 aliphatic heterocycles. The van der Waals surface area contributed by atoms with E-state index in [4.69, 9.17) is 0 Å². The summed E-state index contributed by atoms with van der Waals surface area (Å²) in [5, 5.41) is 0. The normalized spacial score (nSPS) is 18.5. The SMILES string of the molecule is CC1=[C-]C(C)(C)C(C)=C1C.CC1=[C-]C(C)(C)C(C)=C1C.CCCC1=[C-]CC=C1.CCCC1=[C-]CC=C1.[Cl-].[Cl-].[Zr+2].[Zr+2]. The third-order valence-electron chi connectivity index (χ3n) is 7.70. The van der Waals surface area contributed by atoms with Crippen molar-refractivity contribution in [1.29, 1.82) is 0 Å². The van der Waals surface area contributed by atoms with E-state index in [0.717, 1.165) is 12.8 Å². The van der Waals surface area contributed by atoms with E-state index in [0.29, 0.717) is 0 Å². The summed E-state index contributed by atoms with van der Waals surface area (Å²) in [6.45, 7) is 26.2. The van der Waals surface area contributed by atoms with Crippen molar-refractivity contribution in [2.75, 3.05) is 0 Å². The second-order valence-electron chi connectivity index (χ2n) is 11.4. The molecule has 0 nitrogen and oxygen atoms in total. The number of allylic oxidation sites excluding steroid dienone is 16. The Morgan fingerprint density at radius 1 is 0.600 bits per heavy atom. The Morgan fingerprint density at radius 3 is 1.02 bits per heavy atom. The fraction of sp³-hybridized carbons (Fsp3) is 0.556. The molecule has 0 saturated heterocycles. The number of hydrogen-bond donors (Lipinski definition) is 0. The molecule has 4 aliphatic carbocycles. The summed E-state index contributed by atoms with van der Waals surface area (Å²) in [7, 11) is 0. The van der Waals surface area contributed by atoms with Crippen molar-refractivity contribution in [3.8, 4) is 0 Å². The second-order valence-corrected chi connectivity index (χ2v) is 11.4. The van der Waals surface area contributed by atoms with Gasteiger partial charge < -0.3 is 24.8 Å². The van der Waals surface area contributed by atoms with Crippen LogP contribution in [-0.4, -0.2) is 0 Å². The predicted octanol–water partition coefficient (Wildman–Crippen LogP) is 5.18. The van der Waals surface area contributed by atoms with Crippen LogP contribution < -0.4 is 24.8 Å². The zero-order valence-electron chi connectivity index (χ0n) is 27.3. The maximum absolute atomic E-state index is 3.44. The van der Waals surface area contributed by atoms with Crippen molar-refractivity contribution in [2.45, 2.75) is 122 Å². The van der Waals surface area contributed by atoms with Crippen molar-refractivity contribution in [3.63, 3.8) is 0 Å². The first-order valence-electron chi connectivity index (χ1n) is 13.9. The summed E-state index contributed by atoms with van der Waals surface area (Å²) < 4.78 is 0. The molecule has 0 atom stereocenters. The molecule has 220 valence electrons. The molecule has 4 heteroatoms. The third kappa shape index (κ3) is 15.7. The Balaban J connectivity index is -0.000000210. The average molecular weight is 738 g/mol. The first-order valence-corrected chi connectivity index (χ1v) is 13.9. The molecule has 0 fully saturated rings. The molecule has 0 spiro atoms. The molecule has 40 heavy (non-hydrogen) atoms. The van der Waals surface area contributed by atoms with E-state index in [2.05, 4.69) is 132 Å². The van der Waals surface area contributed by atoms with Gasteiger partial charge in [0.1, 0.15) is 0 Å². The first kappa shape index (κ1) is 47.2. The minimum Gasteiger partial charge on any atom is -1.00 e. The van der Waals surface area contributed by atoms with Crippen LogP contribution in [0.2, 0.25) is 0 Å². The fourth-order valence-corrected chi connectivity index (χ4v) is 4.59. The van der Waals surface area contributed by atoms with Gasteiger partial charge in [0, 0.05) is 0 Å². The van der Waals surface area contributed by atoms with E-state index in [-0.39, 0.29) is 88.1 Å². The van der Waals surface area contributed by atoms with E-state index in [1.165, 1.54) is 70.3 Å². The standard InChI is InChI=1S/2C10H15.2C8H11.2ClH.2Zr/c2*1-7-6-10(4,5)9(3)8(7)2;2*1-2-5-8-6-3-4-7-8;;;;/h2*1-5H3;2*3,6H,2,4-5H2,1H3;2*1H;;/q4*-1;;;2*+2/p-2. The Hall–Kier alpha value is 0.266. The topological polar surface area (TPSA) is 0 Å². The Morgan fingerprint density at radius 2 is 0.900 bits per heavy atom. The Labute approximate surface area is 300 Å². The molecular formula is C36H52Cl2Zr2-2. The summed E-state index contributed by atoms with van der Waals surface area (Å²) in [4.78, 5) is 0.